The number of pyridine rings is 2. The van der Waals surface area contributed by atoms with Gasteiger partial charge < -0.3 is 16.0 Å². The van der Waals surface area contributed by atoms with Gasteiger partial charge in [0, 0.05) is 46.0 Å². The maximum Gasteiger partial charge on any atom is 0.257 e. The molecule has 2 amide bonds. The molecule has 3 aromatic heterocycles. The quantitative estimate of drug-likeness (QED) is 0.340. The second kappa shape index (κ2) is 8.68. The second-order valence-corrected chi connectivity index (χ2v) is 8.25. The number of carbonyl (C=O) groups is 2. The maximum atomic E-state index is 13.1. The van der Waals surface area contributed by atoms with Crippen LogP contribution in [0.2, 0.25) is 0 Å². The number of nitrogens with zero attached hydrogens (tertiary/aromatic N) is 2. The van der Waals surface area contributed by atoms with E-state index in [0.717, 1.165) is 26.7 Å². The SMILES string of the molecule is CNC(=O)c1cnc(Nc2ccc3cccnc3c2)c(NC(=O)c2csc3ccccc23)c1. The van der Waals surface area contributed by atoms with Crippen molar-refractivity contribution >= 4 is 61.3 Å². The van der Waals surface area contributed by atoms with E-state index in [0.29, 0.717) is 22.6 Å². The van der Waals surface area contributed by atoms with Crippen molar-refractivity contribution in [3.63, 3.8) is 0 Å². The number of rotatable bonds is 5. The predicted octanol–water partition coefficient (Wildman–Crippen LogP) is 5.20. The molecule has 5 aromatic rings. The molecule has 3 heterocycles. The minimum absolute atomic E-state index is 0.272. The van der Waals surface area contributed by atoms with Crippen molar-refractivity contribution in [1.29, 1.82) is 0 Å². The number of anilines is 3. The minimum atomic E-state index is -0.291. The fourth-order valence-electron chi connectivity index (χ4n) is 3.55. The van der Waals surface area contributed by atoms with Crippen molar-refractivity contribution in [3.05, 3.63) is 89.6 Å². The van der Waals surface area contributed by atoms with Crippen LogP contribution in [0.1, 0.15) is 20.7 Å². The highest BCUT2D eigenvalue weighted by atomic mass is 32.1. The molecule has 2 aromatic carbocycles. The minimum Gasteiger partial charge on any atom is -0.355 e. The Morgan fingerprint density at radius 1 is 0.939 bits per heavy atom. The molecule has 0 fully saturated rings. The largest absolute Gasteiger partial charge is 0.355 e. The fraction of sp³-hybridized carbons (Fsp3) is 0.0400. The molecule has 0 radical (unpaired) electrons. The van der Waals surface area contributed by atoms with E-state index in [4.69, 9.17) is 0 Å². The second-order valence-electron chi connectivity index (χ2n) is 7.33. The Morgan fingerprint density at radius 3 is 2.70 bits per heavy atom. The van der Waals surface area contributed by atoms with Crippen LogP contribution in [0, 0.1) is 0 Å². The molecule has 0 aliphatic heterocycles. The molecule has 0 unspecified atom stereocenters. The molecule has 0 atom stereocenters. The first-order chi connectivity index (χ1) is 16.1. The Balaban J connectivity index is 1.51. The molecule has 7 nitrogen and oxygen atoms in total. The summed E-state index contributed by atoms with van der Waals surface area (Å²) < 4.78 is 1.03. The highest BCUT2D eigenvalue weighted by Gasteiger charge is 2.17. The number of nitrogens with one attached hydrogen (secondary N) is 3. The number of benzene rings is 2. The van der Waals surface area contributed by atoms with Gasteiger partial charge in [-0.2, -0.15) is 0 Å². The summed E-state index contributed by atoms with van der Waals surface area (Å²) >= 11 is 1.51. The smallest absolute Gasteiger partial charge is 0.257 e. The third-order valence-corrected chi connectivity index (χ3v) is 6.18. The molecule has 0 aliphatic rings. The molecule has 0 saturated heterocycles. The first-order valence-corrected chi connectivity index (χ1v) is 11.1. The third kappa shape index (κ3) is 4.11. The molecule has 8 heteroatoms. The number of hydrogen-bond donors (Lipinski definition) is 3. The summed E-state index contributed by atoms with van der Waals surface area (Å²) in [7, 11) is 1.55. The van der Waals surface area contributed by atoms with Gasteiger partial charge in [-0.1, -0.05) is 30.3 Å². The van der Waals surface area contributed by atoms with E-state index in [9.17, 15) is 9.59 Å². The summed E-state index contributed by atoms with van der Waals surface area (Å²) in [5.74, 6) is -0.141. The number of thiophene rings is 1. The van der Waals surface area contributed by atoms with Crippen LogP contribution in [0.3, 0.4) is 0 Å². The summed E-state index contributed by atoms with van der Waals surface area (Å²) in [5.41, 5.74) is 2.91. The van der Waals surface area contributed by atoms with E-state index in [1.165, 1.54) is 17.5 Å². The zero-order valence-electron chi connectivity index (χ0n) is 17.6. The normalized spacial score (nSPS) is 10.8. The Kier molecular flexibility index (Phi) is 5.42. The van der Waals surface area contributed by atoms with Crippen LogP contribution in [0.15, 0.2) is 78.4 Å². The van der Waals surface area contributed by atoms with Gasteiger partial charge in [-0.3, -0.25) is 14.6 Å². The third-order valence-electron chi connectivity index (χ3n) is 5.22. The van der Waals surface area contributed by atoms with Gasteiger partial charge in [0.2, 0.25) is 0 Å². The lowest BCUT2D eigenvalue weighted by atomic mass is 10.1. The number of aromatic nitrogens is 2. The fourth-order valence-corrected chi connectivity index (χ4v) is 4.49. The molecule has 162 valence electrons. The summed E-state index contributed by atoms with van der Waals surface area (Å²) in [6.07, 6.45) is 3.20. The lowest BCUT2D eigenvalue weighted by Gasteiger charge is -2.14. The molecular weight excluding hydrogens is 434 g/mol. The van der Waals surface area contributed by atoms with Crippen LogP contribution in [0.5, 0.6) is 0 Å². The van der Waals surface area contributed by atoms with Gasteiger partial charge in [0.1, 0.15) is 0 Å². The summed E-state index contributed by atoms with van der Waals surface area (Å²) in [6, 6.07) is 19.0. The van der Waals surface area contributed by atoms with Gasteiger partial charge in [0.05, 0.1) is 22.3 Å². The highest BCUT2D eigenvalue weighted by Crippen LogP contribution is 2.29. The summed E-state index contributed by atoms with van der Waals surface area (Å²) in [4.78, 5) is 34.1. The molecule has 5 rings (SSSR count). The Bertz CT molecular complexity index is 1510. The standard InChI is InChI=1S/C25H19N5O2S/c1-26-24(31)16-11-21(30-25(32)19-14-33-22-7-3-2-6-18(19)22)23(28-13-16)29-17-9-8-15-5-4-10-27-20(15)12-17/h2-14H,1H3,(H,26,31)(H,28,29)(H,30,32). The zero-order valence-corrected chi connectivity index (χ0v) is 18.4. The predicted molar refractivity (Wildman–Crippen MR) is 132 cm³/mol. The van der Waals surface area contributed by atoms with E-state index < -0.39 is 0 Å². The van der Waals surface area contributed by atoms with Crippen LogP contribution in [-0.2, 0) is 0 Å². The van der Waals surface area contributed by atoms with E-state index in [1.807, 2.05) is 60.0 Å². The van der Waals surface area contributed by atoms with Crippen molar-refractivity contribution in [2.75, 3.05) is 17.7 Å². The van der Waals surface area contributed by atoms with Crippen LogP contribution in [-0.4, -0.2) is 28.8 Å². The van der Waals surface area contributed by atoms with Crippen molar-refractivity contribution < 1.29 is 9.59 Å². The van der Waals surface area contributed by atoms with Crippen molar-refractivity contribution in [2.24, 2.45) is 0 Å². The van der Waals surface area contributed by atoms with Gasteiger partial charge >= 0.3 is 0 Å². The van der Waals surface area contributed by atoms with Crippen LogP contribution < -0.4 is 16.0 Å². The van der Waals surface area contributed by atoms with Crippen molar-refractivity contribution in [3.8, 4) is 0 Å². The molecule has 3 N–H and O–H groups in total. The molecule has 0 spiro atoms. The van der Waals surface area contributed by atoms with Crippen LogP contribution in [0.25, 0.3) is 21.0 Å². The van der Waals surface area contributed by atoms with Crippen LogP contribution in [0.4, 0.5) is 17.2 Å². The zero-order chi connectivity index (χ0) is 22.8. The number of carbonyl (C=O) groups excluding carboxylic acids is 2. The van der Waals surface area contributed by atoms with Crippen LogP contribution >= 0.6 is 11.3 Å². The van der Waals surface area contributed by atoms with Crippen molar-refractivity contribution in [2.45, 2.75) is 0 Å². The number of amides is 2. The first-order valence-electron chi connectivity index (χ1n) is 10.2. The van der Waals surface area contributed by atoms with Gasteiger partial charge in [0.25, 0.3) is 11.8 Å². The average Bonchev–Trinajstić information content (AvgIpc) is 3.29. The highest BCUT2D eigenvalue weighted by molar-refractivity contribution is 7.17. The Hall–Kier alpha value is -4.30. The maximum absolute atomic E-state index is 13.1. The van der Waals surface area contributed by atoms with Gasteiger partial charge in [-0.25, -0.2) is 4.98 Å². The molecule has 0 saturated carbocycles. The van der Waals surface area contributed by atoms with E-state index in [-0.39, 0.29) is 11.8 Å². The Morgan fingerprint density at radius 2 is 1.82 bits per heavy atom. The van der Waals surface area contributed by atoms with Gasteiger partial charge in [-0.15, -0.1) is 11.3 Å². The van der Waals surface area contributed by atoms with E-state index in [1.54, 1.807) is 19.3 Å². The van der Waals surface area contributed by atoms with Crippen molar-refractivity contribution in [1.82, 2.24) is 15.3 Å². The average molecular weight is 454 g/mol. The first kappa shape index (κ1) is 20.6. The molecule has 33 heavy (non-hydrogen) atoms. The number of fused-ring (bicyclic) bond motifs is 2. The monoisotopic (exact) mass is 453 g/mol. The molecule has 0 aliphatic carbocycles. The van der Waals surface area contributed by atoms with E-state index in [2.05, 4.69) is 25.9 Å². The number of hydrogen-bond acceptors (Lipinski definition) is 6. The van der Waals surface area contributed by atoms with E-state index >= 15 is 0 Å². The lowest BCUT2D eigenvalue weighted by molar-refractivity contribution is 0.0961. The van der Waals surface area contributed by atoms with Gasteiger partial charge in [-0.05, 0) is 30.3 Å². The van der Waals surface area contributed by atoms with Gasteiger partial charge in [0.15, 0.2) is 5.82 Å². The summed E-state index contributed by atoms with van der Waals surface area (Å²) in [6.45, 7) is 0. The molecule has 0 bridgehead atoms. The molecular formula is C25H19N5O2S. The Labute approximate surface area is 193 Å². The summed E-state index contributed by atoms with van der Waals surface area (Å²) in [5, 5.41) is 12.5. The topological polar surface area (TPSA) is 96.0 Å². The lowest BCUT2D eigenvalue weighted by Crippen LogP contribution is -2.19.